The van der Waals surface area contributed by atoms with Crippen LogP contribution in [0.2, 0.25) is 0 Å². The third-order valence-corrected chi connectivity index (χ3v) is 7.21. The van der Waals surface area contributed by atoms with Crippen LogP contribution in [0.5, 0.6) is 0 Å². The molecule has 2 aliphatic carbocycles. The van der Waals surface area contributed by atoms with Crippen molar-refractivity contribution in [1.82, 2.24) is 0 Å². The number of esters is 1. The lowest BCUT2D eigenvalue weighted by molar-refractivity contribution is -0.0515. The molecule has 4 nitrogen and oxygen atoms in total. The molecule has 2 saturated carbocycles. The Hall–Kier alpha value is -1.53. The minimum Gasteiger partial charge on any atom is -0.459 e. The van der Waals surface area contributed by atoms with Gasteiger partial charge in [-0.25, -0.2) is 13.6 Å². The molecule has 0 N–H and O–H groups in total. The Kier molecular flexibility index (Phi) is 7.37. The lowest BCUT2D eigenvalue weighted by Gasteiger charge is -2.37. The van der Waals surface area contributed by atoms with Crippen LogP contribution in [0.4, 0.5) is 8.78 Å². The molecule has 1 aliphatic heterocycles. The molecular weight excluding hydrogens is 390 g/mol. The maximum absolute atomic E-state index is 13.3. The first-order chi connectivity index (χ1) is 14.6. The molecule has 0 unspecified atom stereocenters. The van der Waals surface area contributed by atoms with Crippen LogP contribution in [-0.2, 0) is 14.2 Å². The van der Waals surface area contributed by atoms with Gasteiger partial charge in [-0.15, -0.1) is 0 Å². The first-order valence-corrected chi connectivity index (χ1v) is 11.5. The monoisotopic (exact) mass is 422 g/mol. The number of carbonyl (C=O) groups is 1. The van der Waals surface area contributed by atoms with E-state index in [4.69, 9.17) is 14.2 Å². The smallest absolute Gasteiger partial charge is 0.338 e. The van der Waals surface area contributed by atoms with Crippen molar-refractivity contribution >= 4 is 5.97 Å². The first kappa shape index (κ1) is 21.7. The summed E-state index contributed by atoms with van der Waals surface area (Å²) in [5.74, 6) is -0.252. The van der Waals surface area contributed by atoms with Gasteiger partial charge in [-0.2, -0.15) is 0 Å². The molecule has 0 atom stereocenters. The second kappa shape index (κ2) is 10.2. The van der Waals surface area contributed by atoms with E-state index in [0.717, 1.165) is 69.3 Å². The van der Waals surface area contributed by atoms with Crippen molar-refractivity contribution in [3.05, 3.63) is 35.4 Å². The summed E-state index contributed by atoms with van der Waals surface area (Å²) in [4.78, 5) is 12.2. The molecule has 3 aliphatic rings. The van der Waals surface area contributed by atoms with E-state index in [2.05, 4.69) is 0 Å². The van der Waals surface area contributed by atoms with Crippen LogP contribution in [0.15, 0.2) is 18.2 Å². The molecule has 6 heteroatoms. The fourth-order valence-corrected chi connectivity index (χ4v) is 5.41. The van der Waals surface area contributed by atoms with Crippen LogP contribution in [0.25, 0.3) is 0 Å². The molecule has 0 spiro atoms. The third kappa shape index (κ3) is 5.58. The number of ether oxygens (including phenoxy) is 3. The Bertz CT molecular complexity index is 703. The predicted octanol–water partition coefficient (Wildman–Crippen LogP) is 5.64. The van der Waals surface area contributed by atoms with E-state index in [0.29, 0.717) is 5.92 Å². The minimum absolute atomic E-state index is 0.0205. The summed E-state index contributed by atoms with van der Waals surface area (Å²) in [5.41, 5.74) is 0.0720. The van der Waals surface area contributed by atoms with E-state index >= 15 is 0 Å². The lowest BCUT2D eigenvalue weighted by atomic mass is 9.70. The SMILES string of the molecule is O=C(OC1CCC(C2CCC(CCC3OCCO3)CC2)CC1)c1ccc(F)c(F)c1. The van der Waals surface area contributed by atoms with Gasteiger partial charge in [0.1, 0.15) is 6.10 Å². The number of benzene rings is 1. The number of halogens is 2. The molecule has 0 radical (unpaired) electrons. The Labute approximate surface area is 177 Å². The first-order valence-electron chi connectivity index (χ1n) is 11.5. The molecular formula is C24H32F2O4. The standard InChI is InChI=1S/C24H32F2O4/c25-21-11-8-19(15-22(21)26)24(27)30-20-9-6-18(7-10-20)17-4-1-16(2-5-17)3-12-23-28-13-14-29-23/h8,11,15-18,20,23H,1-7,9-10,12-14H2. The van der Waals surface area contributed by atoms with E-state index < -0.39 is 17.6 Å². The fourth-order valence-electron chi connectivity index (χ4n) is 5.41. The van der Waals surface area contributed by atoms with E-state index in [1.54, 1.807) is 0 Å². The summed E-state index contributed by atoms with van der Waals surface area (Å²) in [6.45, 7) is 1.46. The number of hydrogen-bond acceptors (Lipinski definition) is 4. The highest BCUT2D eigenvalue weighted by molar-refractivity contribution is 5.89. The number of carbonyl (C=O) groups excluding carboxylic acids is 1. The maximum atomic E-state index is 13.3. The summed E-state index contributed by atoms with van der Waals surface area (Å²) in [7, 11) is 0. The van der Waals surface area contributed by atoms with Crippen molar-refractivity contribution in [2.75, 3.05) is 13.2 Å². The Morgan fingerprint density at radius 1 is 0.867 bits per heavy atom. The minimum atomic E-state index is -1.02. The average Bonchev–Trinajstić information content (AvgIpc) is 3.29. The zero-order chi connectivity index (χ0) is 20.9. The normalized spacial score (nSPS) is 30.3. The zero-order valence-corrected chi connectivity index (χ0v) is 17.5. The summed E-state index contributed by atoms with van der Waals surface area (Å²) >= 11 is 0. The van der Waals surface area contributed by atoms with Crippen molar-refractivity contribution in [1.29, 1.82) is 0 Å². The molecule has 0 bridgehead atoms. The molecule has 30 heavy (non-hydrogen) atoms. The van der Waals surface area contributed by atoms with Gasteiger partial charge in [-0.1, -0.05) is 12.8 Å². The van der Waals surface area contributed by atoms with Crippen LogP contribution in [0.3, 0.4) is 0 Å². The summed E-state index contributed by atoms with van der Waals surface area (Å²) in [5, 5.41) is 0. The fraction of sp³-hybridized carbons (Fsp3) is 0.708. The van der Waals surface area contributed by atoms with Gasteiger partial charge in [-0.05, 0) is 87.3 Å². The van der Waals surface area contributed by atoms with Gasteiger partial charge in [0, 0.05) is 0 Å². The van der Waals surface area contributed by atoms with E-state index in [1.165, 1.54) is 38.2 Å². The van der Waals surface area contributed by atoms with Crippen LogP contribution >= 0.6 is 0 Å². The van der Waals surface area contributed by atoms with Gasteiger partial charge >= 0.3 is 5.97 Å². The second-order valence-electron chi connectivity index (χ2n) is 9.10. The van der Waals surface area contributed by atoms with Crippen molar-refractivity contribution in [3.63, 3.8) is 0 Å². The molecule has 0 amide bonds. The molecule has 4 rings (SSSR count). The van der Waals surface area contributed by atoms with Crippen molar-refractivity contribution < 1.29 is 27.8 Å². The van der Waals surface area contributed by atoms with E-state index in [1.807, 2.05) is 0 Å². The van der Waals surface area contributed by atoms with E-state index in [9.17, 15) is 13.6 Å². The van der Waals surface area contributed by atoms with Gasteiger partial charge < -0.3 is 14.2 Å². The second-order valence-corrected chi connectivity index (χ2v) is 9.10. The van der Waals surface area contributed by atoms with Gasteiger partial charge in [0.05, 0.1) is 18.8 Å². The molecule has 1 saturated heterocycles. The van der Waals surface area contributed by atoms with Crippen LogP contribution in [-0.4, -0.2) is 31.6 Å². The van der Waals surface area contributed by atoms with E-state index in [-0.39, 0.29) is 18.0 Å². The third-order valence-electron chi connectivity index (χ3n) is 7.21. The summed E-state index contributed by atoms with van der Waals surface area (Å²) in [6, 6.07) is 3.15. The molecule has 1 aromatic rings. The summed E-state index contributed by atoms with van der Waals surface area (Å²) < 4.78 is 43.0. The van der Waals surface area contributed by atoms with Crippen molar-refractivity contribution in [2.45, 2.75) is 76.6 Å². The maximum Gasteiger partial charge on any atom is 0.338 e. The quantitative estimate of drug-likeness (QED) is 0.557. The Morgan fingerprint density at radius 3 is 2.13 bits per heavy atom. The molecule has 1 heterocycles. The average molecular weight is 423 g/mol. The molecule has 0 aromatic heterocycles. The van der Waals surface area contributed by atoms with Crippen molar-refractivity contribution in [3.8, 4) is 0 Å². The highest BCUT2D eigenvalue weighted by atomic mass is 19.2. The molecule has 166 valence electrons. The van der Waals surface area contributed by atoms with Crippen LogP contribution < -0.4 is 0 Å². The topological polar surface area (TPSA) is 44.8 Å². The largest absolute Gasteiger partial charge is 0.459 e. The predicted molar refractivity (Wildman–Crippen MR) is 108 cm³/mol. The Morgan fingerprint density at radius 2 is 1.50 bits per heavy atom. The van der Waals surface area contributed by atoms with Crippen LogP contribution in [0.1, 0.15) is 74.6 Å². The van der Waals surface area contributed by atoms with Gasteiger partial charge in [-0.3, -0.25) is 0 Å². The van der Waals surface area contributed by atoms with Gasteiger partial charge in [0.2, 0.25) is 0 Å². The van der Waals surface area contributed by atoms with Gasteiger partial charge in [0.25, 0.3) is 0 Å². The van der Waals surface area contributed by atoms with Crippen LogP contribution in [0, 0.1) is 29.4 Å². The zero-order valence-electron chi connectivity index (χ0n) is 17.5. The number of hydrogen-bond donors (Lipinski definition) is 0. The Balaban J connectivity index is 1.16. The highest BCUT2D eigenvalue weighted by Crippen LogP contribution is 2.41. The molecule has 1 aromatic carbocycles. The lowest BCUT2D eigenvalue weighted by Crippen LogP contribution is -2.30. The summed E-state index contributed by atoms with van der Waals surface area (Å²) in [6.07, 6.45) is 11.2. The molecule has 3 fully saturated rings. The highest BCUT2D eigenvalue weighted by Gasteiger charge is 2.32. The number of rotatable bonds is 6. The van der Waals surface area contributed by atoms with Crippen molar-refractivity contribution in [2.24, 2.45) is 17.8 Å². The van der Waals surface area contributed by atoms with Gasteiger partial charge in [0.15, 0.2) is 17.9 Å².